The zero-order valence-corrected chi connectivity index (χ0v) is 7.19. The molecule has 1 aliphatic rings. The standard InChI is InChI=1S/C7H8FNO5/c8-3-4-13-7(12)14-9-5(10)1-2-6(9)11/h1-4H2. The van der Waals surface area contributed by atoms with Gasteiger partial charge in [0.05, 0.1) is 0 Å². The SMILES string of the molecule is O=C(OCCF)ON1C(=O)CCC1=O. The highest BCUT2D eigenvalue weighted by Crippen LogP contribution is 2.12. The van der Waals surface area contributed by atoms with Crippen LogP contribution < -0.4 is 0 Å². The normalized spacial score (nSPS) is 15.9. The summed E-state index contributed by atoms with van der Waals surface area (Å²) in [4.78, 5) is 36.7. The lowest BCUT2D eigenvalue weighted by Crippen LogP contribution is -2.32. The predicted octanol–water partition coefficient (Wildman–Crippen LogP) is 0.173. The first kappa shape index (κ1) is 10.4. The molecule has 14 heavy (non-hydrogen) atoms. The number of hydrogen-bond acceptors (Lipinski definition) is 5. The summed E-state index contributed by atoms with van der Waals surface area (Å²) in [6, 6.07) is 0. The molecule has 2 amide bonds. The molecule has 0 aliphatic carbocycles. The van der Waals surface area contributed by atoms with E-state index in [0.717, 1.165) is 0 Å². The lowest BCUT2D eigenvalue weighted by atomic mass is 10.4. The molecular formula is C7H8FNO5. The Balaban J connectivity index is 2.39. The number of ether oxygens (including phenoxy) is 1. The summed E-state index contributed by atoms with van der Waals surface area (Å²) < 4.78 is 15.7. The number of hydrogen-bond donors (Lipinski definition) is 0. The Kier molecular flexibility index (Phi) is 3.38. The first-order valence-electron chi connectivity index (χ1n) is 3.91. The van der Waals surface area contributed by atoms with Crippen LogP contribution in [0.25, 0.3) is 0 Å². The molecule has 1 aliphatic heterocycles. The van der Waals surface area contributed by atoms with Crippen LogP contribution in [0, 0.1) is 0 Å². The molecule has 0 atom stereocenters. The van der Waals surface area contributed by atoms with Crippen LogP contribution in [0.5, 0.6) is 0 Å². The number of nitrogens with zero attached hydrogens (tertiary/aromatic N) is 1. The van der Waals surface area contributed by atoms with Crippen molar-refractivity contribution in [3.8, 4) is 0 Å². The summed E-state index contributed by atoms with van der Waals surface area (Å²) >= 11 is 0. The highest BCUT2D eigenvalue weighted by atomic mass is 19.1. The highest BCUT2D eigenvalue weighted by Gasteiger charge is 2.33. The molecule has 1 fully saturated rings. The lowest BCUT2D eigenvalue weighted by molar-refractivity contribution is -0.177. The zero-order valence-electron chi connectivity index (χ0n) is 7.19. The van der Waals surface area contributed by atoms with Gasteiger partial charge in [0.15, 0.2) is 0 Å². The maximum absolute atomic E-state index is 11.5. The second kappa shape index (κ2) is 4.54. The first-order valence-corrected chi connectivity index (χ1v) is 3.91. The molecule has 0 saturated carbocycles. The van der Waals surface area contributed by atoms with Crippen LogP contribution in [-0.4, -0.2) is 36.3 Å². The molecule has 0 unspecified atom stereocenters. The summed E-state index contributed by atoms with van der Waals surface area (Å²) in [7, 11) is 0. The van der Waals surface area contributed by atoms with Gasteiger partial charge in [-0.3, -0.25) is 14.4 Å². The van der Waals surface area contributed by atoms with Crippen LogP contribution in [0.4, 0.5) is 9.18 Å². The van der Waals surface area contributed by atoms with E-state index in [1.54, 1.807) is 0 Å². The topological polar surface area (TPSA) is 72.9 Å². The molecule has 0 aromatic heterocycles. The summed E-state index contributed by atoms with van der Waals surface area (Å²) in [6.45, 7) is -1.31. The third kappa shape index (κ3) is 2.41. The number of halogens is 1. The molecule has 0 bridgehead atoms. The fraction of sp³-hybridized carbons (Fsp3) is 0.571. The molecule has 1 rings (SSSR count). The number of amides is 2. The molecule has 0 radical (unpaired) electrons. The molecule has 1 saturated heterocycles. The maximum Gasteiger partial charge on any atom is 0.534 e. The second-order valence-electron chi connectivity index (χ2n) is 2.46. The minimum atomic E-state index is -1.26. The smallest absolute Gasteiger partial charge is 0.430 e. The third-order valence-electron chi connectivity index (χ3n) is 1.47. The van der Waals surface area contributed by atoms with Gasteiger partial charge in [-0.15, -0.1) is 0 Å². The maximum atomic E-state index is 11.5. The zero-order chi connectivity index (χ0) is 10.6. The van der Waals surface area contributed by atoms with Gasteiger partial charge in [0, 0.05) is 12.8 Å². The van der Waals surface area contributed by atoms with E-state index >= 15 is 0 Å². The van der Waals surface area contributed by atoms with Crippen molar-refractivity contribution in [3.05, 3.63) is 0 Å². The Labute approximate surface area is 78.5 Å². The fourth-order valence-corrected chi connectivity index (χ4v) is 0.881. The molecule has 7 heteroatoms. The van der Waals surface area contributed by atoms with E-state index in [2.05, 4.69) is 9.57 Å². The summed E-state index contributed by atoms with van der Waals surface area (Å²) in [5, 5.41) is 0.334. The lowest BCUT2D eigenvalue weighted by Gasteiger charge is -2.11. The van der Waals surface area contributed by atoms with E-state index in [1.807, 2.05) is 0 Å². The van der Waals surface area contributed by atoms with E-state index in [-0.39, 0.29) is 12.8 Å². The van der Waals surface area contributed by atoms with Crippen molar-refractivity contribution < 1.29 is 28.3 Å². The Hall–Kier alpha value is -1.66. The van der Waals surface area contributed by atoms with Crippen LogP contribution in [0.15, 0.2) is 0 Å². The van der Waals surface area contributed by atoms with Gasteiger partial charge in [-0.2, -0.15) is 0 Å². The molecule has 0 N–H and O–H groups in total. The number of hydroxylamine groups is 2. The average Bonchev–Trinajstić information content (AvgIpc) is 2.46. The molecular weight excluding hydrogens is 197 g/mol. The van der Waals surface area contributed by atoms with Gasteiger partial charge >= 0.3 is 6.16 Å². The van der Waals surface area contributed by atoms with Crippen LogP contribution >= 0.6 is 0 Å². The van der Waals surface area contributed by atoms with Crippen LogP contribution in [-0.2, 0) is 19.2 Å². The van der Waals surface area contributed by atoms with E-state index < -0.39 is 31.3 Å². The van der Waals surface area contributed by atoms with Gasteiger partial charge in [0.2, 0.25) is 0 Å². The average molecular weight is 205 g/mol. The number of carbonyl (C=O) groups is 3. The van der Waals surface area contributed by atoms with Crippen LogP contribution in [0.3, 0.4) is 0 Å². The van der Waals surface area contributed by atoms with Crippen molar-refractivity contribution in [2.24, 2.45) is 0 Å². The molecule has 0 aromatic carbocycles. The molecule has 78 valence electrons. The van der Waals surface area contributed by atoms with Crippen molar-refractivity contribution in [2.75, 3.05) is 13.3 Å². The van der Waals surface area contributed by atoms with Crippen molar-refractivity contribution >= 4 is 18.0 Å². The number of imide groups is 1. The van der Waals surface area contributed by atoms with E-state index in [1.165, 1.54) is 0 Å². The van der Waals surface area contributed by atoms with Gasteiger partial charge in [-0.25, -0.2) is 9.18 Å². The monoisotopic (exact) mass is 205 g/mol. The Morgan fingerprint density at radius 1 is 1.36 bits per heavy atom. The van der Waals surface area contributed by atoms with Crippen molar-refractivity contribution in [2.45, 2.75) is 12.8 Å². The summed E-state index contributed by atoms with van der Waals surface area (Å²) in [5.41, 5.74) is 0. The van der Waals surface area contributed by atoms with E-state index in [0.29, 0.717) is 5.06 Å². The third-order valence-corrected chi connectivity index (χ3v) is 1.47. The van der Waals surface area contributed by atoms with Gasteiger partial charge in [0.1, 0.15) is 13.3 Å². The number of carbonyl (C=O) groups excluding carboxylic acids is 3. The van der Waals surface area contributed by atoms with Gasteiger partial charge in [-0.1, -0.05) is 5.06 Å². The molecule has 6 nitrogen and oxygen atoms in total. The second-order valence-corrected chi connectivity index (χ2v) is 2.46. The Morgan fingerprint density at radius 3 is 2.43 bits per heavy atom. The largest absolute Gasteiger partial charge is 0.534 e. The summed E-state index contributed by atoms with van der Waals surface area (Å²) in [5.74, 6) is -1.21. The Bertz CT molecular complexity index is 251. The minimum absolute atomic E-state index is 0.00915. The van der Waals surface area contributed by atoms with Gasteiger partial charge < -0.3 is 4.74 Å². The number of alkyl halides is 1. The minimum Gasteiger partial charge on any atom is -0.430 e. The molecule has 0 spiro atoms. The van der Waals surface area contributed by atoms with Gasteiger partial charge in [0.25, 0.3) is 11.8 Å². The quantitative estimate of drug-likeness (QED) is 0.485. The van der Waals surface area contributed by atoms with Crippen molar-refractivity contribution in [1.29, 1.82) is 0 Å². The fourth-order valence-electron chi connectivity index (χ4n) is 0.881. The first-order chi connectivity index (χ1) is 6.65. The van der Waals surface area contributed by atoms with Crippen LogP contribution in [0.1, 0.15) is 12.8 Å². The van der Waals surface area contributed by atoms with E-state index in [9.17, 15) is 18.8 Å². The van der Waals surface area contributed by atoms with Gasteiger partial charge in [-0.05, 0) is 0 Å². The Morgan fingerprint density at radius 2 is 1.93 bits per heavy atom. The van der Waals surface area contributed by atoms with Crippen molar-refractivity contribution in [3.63, 3.8) is 0 Å². The summed E-state index contributed by atoms with van der Waals surface area (Å²) in [6.07, 6.45) is -1.24. The highest BCUT2D eigenvalue weighted by molar-refractivity contribution is 6.01. The number of rotatable bonds is 3. The predicted molar refractivity (Wildman–Crippen MR) is 39.5 cm³/mol. The van der Waals surface area contributed by atoms with Crippen molar-refractivity contribution in [1.82, 2.24) is 5.06 Å². The van der Waals surface area contributed by atoms with E-state index in [4.69, 9.17) is 0 Å². The molecule has 1 heterocycles. The van der Waals surface area contributed by atoms with Crippen LogP contribution in [0.2, 0.25) is 0 Å². The molecule has 0 aromatic rings.